The molecule has 0 saturated heterocycles. The zero-order chi connectivity index (χ0) is 13.8. The van der Waals surface area contributed by atoms with E-state index in [4.69, 9.17) is 5.73 Å². The van der Waals surface area contributed by atoms with Gasteiger partial charge in [-0.05, 0) is 37.5 Å². The molecule has 0 bridgehead atoms. The van der Waals surface area contributed by atoms with Crippen molar-refractivity contribution in [3.05, 3.63) is 35.9 Å². The molecule has 1 aliphatic carbocycles. The van der Waals surface area contributed by atoms with Gasteiger partial charge >= 0.3 is 0 Å². The van der Waals surface area contributed by atoms with E-state index in [1.54, 1.807) is 6.07 Å². The molecule has 2 rings (SSSR count). The zero-order valence-electron chi connectivity index (χ0n) is 11.5. The summed E-state index contributed by atoms with van der Waals surface area (Å²) in [5, 5.41) is 3.05. The van der Waals surface area contributed by atoms with Crippen molar-refractivity contribution in [1.82, 2.24) is 5.32 Å². The van der Waals surface area contributed by atoms with E-state index in [0.29, 0.717) is 11.3 Å². The summed E-state index contributed by atoms with van der Waals surface area (Å²) in [5.74, 6) is -0.0442. The number of nitrogens with one attached hydrogen (secondary N) is 1. The summed E-state index contributed by atoms with van der Waals surface area (Å²) in [6.07, 6.45) is 7.24. The Morgan fingerprint density at radius 2 is 2.16 bits per heavy atom. The average Bonchev–Trinajstić information content (AvgIpc) is 2.39. The molecular weight excluding hydrogens is 238 g/mol. The van der Waals surface area contributed by atoms with Crippen LogP contribution < -0.4 is 16.0 Å². The number of benzene rings is 1. The SMILES string of the molecule is CN(C)c1ccc(C(=O)NC2CC=CCC2)cc1N. The minimum absolute atomic E-state index is 0.0442. The highest BCUT2D eigenvalue weighted by atomic mass is 16.1. The van der Waals surface area contributed by atoms with E-state index < -0.39 is 0 Å². The normalized spacial score (nSPS) is 18.1. The lowest BCUT2D eigenvalue weighted by molar-refractivity contribution is 0.0935. The number of allylic oxidation sites excluding steroid dienone is 1. The number of nitrogens with zero attached hydrogens (tertiary/aromatic N) is 1. The van der Waals surface area contributed by atoms with Gasteiger partial charge in [-0.3, -0.25) is 4.79 Å². The first-order valence-corrected chi connectivity index (χ1v) is 6.60. The predicted octanol–water partition coefficient (Wildman–Crippen LogP) is 2.17. The smallest absolute Gasteiger partial charge is 0.251 e. The molecule has 0 saturated carbocycles. The number of carbonyl (C=O) groups excluding carboxylic acids is 1. The third kappa shape index (κ3) is 3.28. The van der Waals surface area contributed by atoms with E-state index >= 15 is 0 Å². The third-order valence-electron chi connectivity index (χ3n) is 3.38. The predicted molar refractivity (Wildman–Crippen MR) is 79.4 cm³/mol. The molecule has 0 radical (unpaired) electrons. The Bertz CT molecular complexity index is 494. The molecule has 1 aromatic carbocycles. The van der Waals surface area contributed by atoms with E-state index in [-0.39, 0.29) is 11.9 Å². The maximum absolute atomic E-state index is 12.1. The standard InChI is InChI=1S/C15H21N3O/c1-18(2)14-9-8-11(10-13(14)16)15(19)17-12-6-4-3-5-7-12/h3-4,8-10,12H,5-7,16H2,1-2H3,(H,17,19). The molecule has 102 valence electrons. The lowest BCUT2D eigenvalue weighted by Gasteiger charge is -2.20. The summed E-state index contributed by atoms with van der Waals surface area (Å²) in [7, 11) is 3.86. The van der Waals surface area contributed by atoms with Gasteiger partial charge in [0, 0.05) is 25.7 Å². The lowest BCUT2D eigenvalue weighted by Crippen LogP contribution is -2.35. The Labute approximate surface area is 114 Å². The number of nitrogens with two attached hydrogens (primary N) is 1. The molecule has 19 heavy (non-hydrogen) atoms. The van der Waals surface area contributed by atoms with Gasteiger partial charge in [0.1, 0.15) is 0 Å². The minimum atomic E-state index is -0.0442. The summed E-state index contributed by atoms with van der Waals surface area (Å²) in [4.78, 5) is 14.1. The molecule has 1 atom stereocenters. The molecule has 0 fully saturated rings. The van der Waals surface area contributed by atoms with Gasteiger partial charge in [-0.15, -0.1) is 0 Å². The second-order valence-electron chi connectivity index (χ2n) is 5.12. The number of hydrogen-bond donors (Lipinski definition) is 2. The van der Waals surface area contributed by atoms with Crippen LogP contribution in [0, 0.1) is 0 Å². The molecule has 1 unspecified atom stereocenters. The van der Waals surface area contributed by atoms with Gasteiger partial charge in [0.05, 0.1) is 11.4 Å². The van der Waals surface area contributed by atoms with Crippen molar-refractivity contribution in [1.29, 1.82) is 0 Å². The van der Waals surface area contributed by atoms with Crippen LogP contribution in [0.25, 0.3) is 0 Å². The Balaban J connectivity index is 2.07. The van der Waals surface area contributed by atoms with Crippen LogP contribution in [0.4, 0.5) is 11.4 Å². The van der Waals surface area contributed by atoms with E-state index in [9.17, 15) is 4.79 Å². The lowest BCUT2D eigenvalue weighted by atomic mass is 10.0. The molecule has 4 heteroatoms. The topological polar surface area (TPSA) is 58.4 Å². The summed E-state index contributed by atoms with van der Waals surface area (Å²) < 4.78 is 0. The van der Waals surface area contributed by atoms with Gasteiger partial charge in [-0.25, -0.2) is 0 Å². The molecule has 1 aliphatic rings. The van der Waals surface area contributed by atoms with Crippen LogP contribution in [0.1, 0.15) is 29.6 Å². The number of hydrogen-bond acceptors (Lipinski definition) is 3. The number of amides is 1. The number of rotatable bonds is 3. The van der Waals surface area contributed by atoms with Crippen molar-refractivity contribution in [3.63, 3.8) is 0 Å². The summed E-state index contributed by atoms with van der Waals surface area (Å²) in [5.41, 5.74) is 8.14. The second-order valence-corrected chi connectivity index (χ2v) is 5.12. The van der Waals surface area contributed by atoms with Crippen LogP contribution in [0.5, 0.6) is 0 Å². The number of nitrogen functional groups attached to an aromatic ring is 1. The van der Waals surface area contributed by atoms with Crippen molar-refractivity contribution < 1.29 is 4.79 Å². The van der Waals surface area contributed by atoms with Crippen LogP contribution in [0.2, 0.25) is 0 Å². The largest absolute Gasteiger partial charge is 0.397 e. The molecule has 0 heterocycles. The van der Waals surface area contributed by atoms with Gasteiger partial charge in [-0.1, -0.05) is 12.2 Å². The number of carbonyl (C=O) groups is 1. The first-order chi connectivity index (χ1) is 9.08. The third-order valence-corrected chi connectivity index (χ3v) is 3.38. The van der Waals surface area contributed by atoms with Crippen molar-refractivity contribution in [2.75, 3.05) is 24.7 Å². The summed E-state index contributed by atoms with van der Waals surface area (Å²) in [6.45, 7) is 0. The Hall–Kier alpha value is -1.97. The fraction of sp³-hybridized carbons (Fsp3) is 0.400. The average molecular weight is 259 g/mol. The quantitative estimate of drug-likeness (QED) is 0.646. The second kappa shape index (κ2) is 5.78. The van der Waals surface area contributed by atoms with Gasteiger partial charge in [0.2, 0.25) is 0 Å². The molecule has 1 aromatic rings. The van der Waals surface area contributed by atoms with Gasteiger partial charge in [0.15, 0.2) is 0 Å². The van der Waals surface area contributed by atoms with E-state index in [1.807, 2.05) is 31.1 Å². The first kappa shape index (κ1) is 13.5. The molecular formula is C15H21N3O. The fourth-order valence-electron chi connectivity index (χ4n) is 2.30. The zero-order valence-corrected chi connectivity index (χ0v) is 11.5. The molecule has 4 nitrogen and oxygen atoms in total. The molecule has 1 amide bonds. The minimum Gasteiger partial charge on any atom is -0.397 e. The van der Waals surface area contributed by atoms with Crippen molar-refractivity contribution in [3.8, 4) is 0 Å². The van der Waals surface area contributed by atoms with Crippen LogP contribution in [-0.4, -0.2) is 26.0 Å². The van der Waals surface area contributed by atoms with Gasteiger partial charge in [-0.2, -0.15) is 0 Å². The van der Waals surface area contributed by atoms with E-state index in [2.05, 4.69) is 17.5 Å². The van der Waals surface area contributed by atoms with Gasteiger partial charge in [0.25, 0.3) is 5.91 Å². The van der Waals surface area contributed by atoms with Crippen molar-refractivity contribution >= 4 is 17.3 Å². The van der Waals surface area contributed by atoms with Crippen LogP contribution in [0.3, 0.4) is 0 Å². The maximum atomic E-state index is 12.1. The molecule has 0 spiro atoms. The van der Waals surface area contributed by atoms with Crippen LogP contribution in [0.15, 0.2) is 30.4 Å². The molecule has 3 N–H and O–H groups in total. The first-order valence-electron chi connectivity index (χ1n) is 6.60. The highest BCUT2D eigenvalue weighted by Gasteiger charge is 2.15. The molecule has 0 aromatic heterocycles. The summed E-state index contributed by atoms with van der Waals surface area (Å²) in [6, 6.07) is 5.68. The van der Waals surface area contributed by atoms with Crippen molar-refractivity contribution in [2.45, 2.75) is 25.3 Å². The highest BCUT2D eigenvalue weighted by Crippen LogP contribution is 2.22. The maximum Gasteiger partial charge on any atom is 0.251 e. The highest BCUT2D eigenvalue weighted by molar-refractivity contribution is 5.96. The van der Waals surface area contributed by atoms with E-state index in [1.165, 1.54) is 0 Å². The Morgan fingerprint density at radius 3 is 2.74 bits per heavy atom. The fourth-order valence-corrected chi connectivity index (χ4v) is 2.30. The van der Waals surface area contributed by atoms with Gasteiger partial charge < -0.3 is 16.0 Å². The Kier molecular flexibility index (Phi) is 4.10. The van der Waals surface area contributed by atoms with E-state index in [0.717, 1.165) is 24.9 Å². The molecule has 0 aliphatic heterocycles. The van der Waals surface area contributed by atoms with Crippen LogP contribution in [-0.2, 0) is 0 Å². The van der Waals surface area contributed by atoms with Crippen LogP contribution >= 0.6 is 0 Å². The van der Waals surface area contributed by atoms with Crippen molar-refractivity contribution in [2.24, 2.45) is 0 Å². The Morgan fingerprint density at radius 1 is 1.37 bits per heavy atom. The summed E-state index contributed by atoms with van der Waals surface area (Å²) >= 11 is 0. The number of anilines is 2. The monoisotopic (exact) mass is 259 g/mol.